The van der Waals surface area contributed by atoms with Crippen LogP contribution in [0.1, 0.15) is 40.5 Å². The van der Waals surface area contributed by atoms with Gasteiger partial charge in [-0.2, -0.15) is 0 Å². The van der Waals surface area contributed by atoms with Gasteiger partial charge in [-0.25, -0.2) is 0 Å². The van der Waals surface area contributed by atoms with Gasteiger partial charge in [0.2, 0.25) is 0 Å². The zero-order valence-corrected chi connectivity index (χ0v) is 13.8. The third-order valence-electron chi connectivity index (χ3n) is 4.82. The number of carbonyl (C=O) groups excluding carboxylic acids is 1. The largest absolute Gasteiger partial charge is 0.392 e. The van der Waals surface area contributed by atoms with Gasteiger partial charge in [-0.05, 0) is 33.6 Å². The zero-order valence-electron chi connectivity index (χ0n) is 12.2. The Morgan fingerprint density at radius 2 is 2.16 bits per heavy atom. The number of halogens is 1. The van der Waals surface area contributed by atoms with Gasteiger partial charge < -0.3 is 5.11 Å². The molecule has 0 radical (unpaired) electrons. The van der Waals surface area contributed by atoms with Gasteiger partial charge in [0.25, 0.3) is 0 Å². The Morgan fingerprint density at radius 3 is 2.63 bits per heavy atom. The first-order chi connectivity index (χ1) is 8.51. The van der Waals surface area contributed by atoms with Gasteiger partial charge in [-0.1, -0.05) is 47.2 Å². The van der Waals surface area contributed by atoms with E-state index in [0.29, 0.717) is 6.42 Å². The molecule has 19 heavy (non-hydrogen) atoms. The fourth-order valence-corrected chi connectivity index (χ4v) is 3.72. The molecule has 3 aliphatic rings. The van der Waals surface area contributed by atoms with Crippen LogP contribution in [0.4, 0.5) is 0 Å². The summed E-state index contributed by atoms with van der Waals surface area (Å²) in [4.78, 5) is 12.8. The van der Waals surface area contributed by atoms with E-state index >= 15 is 0 Å². The number of carbonyl (C=O) groups is 1. The molecule has 0 aromatic rings. The van der Waals surface area contributed by atoms with Crippen LogP contribution in [-0.2, 0) is 4.79 Å². The summed E-state index contributed by atoms with van der Waals surface area (Å²) in [5.41, 5.74) is 0.145. The van der Waals surface area contributed by atoms with E-state index in [-0.39, 0.29) is 16.0 Å². The van der Waals surface area contributed by atoms with E-state index in [4.69, 9.17) is 0 Å². The van der Waals surface area contributed by atoms with E-state index in [2.05, 4.69) is 28.6 Å². The molecule has 3 aliphatic carbocycles. The van der Waals surface area contributed by atoms with Crippen molar-refractivity contribution in [2.45, 2.75) is 51.0 Å². The molecular formula is C16H23BrO2. The standard InChI is InChI=1S/C16H23BrO2/c1-10-8-15(4)7-6-11(10)16(5,13(15)19)9-12(18)14(2,3)17/h6-7,11-12,18H,1,8-9H2,2-5H3/t11-,12?,15+,16-/m0/s1. The van der Waals surface area contributed by atoms with Crippen molar-refractivity contribution in [1.29, 1.82) is 0 Å². The Balaban J connectivity index is 2.36. The SMILES string of the molecule is C=C1C[C@@]2(C)C=C[C@@H]1[C@](C)(CC(O)C(C)(C)Br)C2=O. The summed E-state index contributed by atoms with van der Waals surface area (Å²) in [5, 5.41) is 10.4. The molecule has 0 heterocycles. The molecule has 0 saturated heterocycles. The molecule has 4 atom stereocenters. The number of aliphatic hydroxyl groups is 1. The lowest BCUT2D eigenvalue weighted by molar-refractivity contribution is -0.143. The highest BCUT2D eigenvalue weighted by Crippen LogP contribution is 2.56. The van der Waals surface area contributed by atoms with E-state index in [1.807, 2.05) is 33.8 Å². The summed E-state index contributed by atoms with van der Waals surface area (Å²) in [6.45, 7) is 12.0. The van der Waals surface area contributed by atoms with E-state index in [1.165, 1.54) is 0 Å². The second-order valence-electron chi connectivity index (χ2n) is 7.12. The number of hydrogen-bond donors (Lipinski definition) is 1. The van der Waals surface area contributed by atoms with Gasteiger partial charge in [0, 0.05) is 21.1 Å². The summed E-state index contributed by atoms with van der Waals surface area (Å²) in [5.74, 6) is 0.307. The monoisotopic (exact) mass is 326 g/mol. The maximum absolute atomic E-state index is 12.8. The third kappa shape index (κ3) is 2.25. The van der Waals surface area contributed by atoms with Crippen molar-refractivity contribution in [2.24, 2.45) is 16.7 Å². The van der Waals surface area contributed by atoms with Crippen LogP contribution in [0, 0.1) is 16.7 Å². The molecule has 1 fully saturated rings. The molecule has 2 bridgehead atoms. The fraction of sp³-hybridized carbons (Fsp3) is 0.688. The molecule has 1 N–H and O–H groups in total. The highest BCUT2D eigenvalue weighted by Gasteiger charge is 2.56. The lowest BCUT2D eigenvalue weighted by Crippen LogP contribution is -2.54. The fourth-order valence-electron chi connectivity index (χ4n) is 3.56. The molecule has 0 amide bonds. The Morgan fingerprint density at radius 1 is 1.58 bits per heavy atom. The molecule has 106 valence electrons. The van der Waals surface area contributed by atoms with Crippen LogP contribution in [-0.4, -0.2) is 21.3 Å². The normalized spacial score (nSPS) is 39.8. The molecular weight excluding hydrogens is 304 g/mol. The minimum absolute atomic E-state index is 0.0614. The summed E-state index contributed by atoms with van der Waals surface area (Å²) in [6.07, 6.45) is 4.79. The molecule has 1 saturated carbocycles. The van der Waals surface area contributed by atoms with Crippen LogP contribution in [0.15, 0.2) is 24.3 Å². The second kappa shape index (κ2) is 4.29. The van der Waals surface area contributed by atoms with Crippen molar-refractivity contribution in [1.82, 2.24) is 0 Å². The maximum atomic E-state index is 12.8. The summed E-state index contributed by atoms with van der Waals surface area (Å²) in [7, 11) is 0. The number of rotatable bonds is 3. The van der Waals surface area contributed by atoms with Gasteiger partial charge in [-0.15, -0.1) is 0 Å². The Hall–Kier alpha value is -0.410. The Bertz CT molecular complexity index is 460. The van der Waals surface area contributed by atoms with Crippen molar-refractivity contribution in [2.75, 3.05) is 0 Å². The predicted octanol–water partition coefficient (Wildman–Crippen LogP) is 3.64. The Kier molecular flexibility index (Phi) is 3.38. The van der Waals surface area contributed by atoms with E-state index in [0.717, 1.165) is 12.0 Å². The topological polar surface area (TPSA) is 37.3 Å². The van der Waals surface area contributed by atoms with Gasteiger partial charge in [0.1, 0.15) is 5.78 Å². The first-order valence-electron chi connectivity index (χ1n) is 6.80. The second-order valence-corrected chi connectivity index (χ2v) is 9.16. The number of aliphatic hydroxyl groups excluding tert-OH is 1. The number of hydrogen-bond acceptors (Lipinski definition) is 2. The number of allylic oxidation sites excluding steroid dienone is 3. The summed E-state index contributed by atoms with van der Waals surface area (Å²) < 4.78 is -0.390. The van der Waals surface area contributed by atoms with E-state index < -0.39 is 16.9 Å². The van der Waals surface area contributed by atoms with Crippen molar-refractivity contribution < 1.29 is 9.90 Å². The van der Waals surface area contributed by atoms with Gasteiger partial charge in [0.15, 0.2) is 0 Å². The average Bonchev–Trinajstić information content (AvgIpc) is 2.24. The zero-order chi connectivity index (χ0) is 14.6. The number of fused-ring (bicyclic) bond motifs is 2. The molecule has 1 unspecified atom stereocenters. The van der Waals surface area contributed by atoms with Crippen molar-refractivity contribution in [3.63, 3.8) is 0 Å². The molecule has 3 rings (SSSR count). The predicted molar refractivity (Wildman–Crippen MR) is 81.2 cm³/mol. The van der Waals surface area contributed by atoms with Crippen LogP contribution in [0.3, 0.4) is 0 Å². The lowest BCUT2D eigenvalue weighted by Gasteiger charge is -2.52. The quantitative estimate of drug-likeness (QED) is 0.635. The highest BCUT2D eigenvalue weighted by molar-refractivity contribution is 9.10. The molecule has 0 aliphatic heterocycles. The molecule has 0 aromatic carbocycles. The smallest absolute Gasteiger partial charge is 0.149 e. The average molecular weight is 327 g/mol. The van der Waals surface area contributed by atoms with Gasteiger partial charge >= 0.3 is 0 Å². The van der Waals surface area contributed by atoms with Crippen LogP contribution in [0.5, 0.6) is 0 Å². The van der Waals surface area contributed by atoms with Crippen LogP contribution in [0.2, 0.25) is 0 Å². The van der Waals surface area contributed by atoms with E-state index in [1.54, 1.807) is 0 Å². The van der Waals surface area contributed by atoms with E-state index in [9.17, 15) is 9.90 Å². The Labute approximate surface area is 124 Å². The number of Topliss-reactive ketones (excluding diaryl/α,β-unsaturated/α-hetero) is 1. The third-order valence-corrected chi connectivity index (χ3v) is 5.35. The molecule has 3 heteroatoms. The number of alkyl halides is 1. The van der Waals surface area contributed by atoms with Crippen LogP contribution >= 0.6 is 15.9 Å². The summed E-state index contributed by atoms with van der Waals surface area (Å²) in [6, 6.07) is 0. The lowest BCUT2D eigenvalue weighted by atomic mass is 9.50. The van der Waals surface area contributed by atoms with Gasteiger partial charge in [-0.3, -0.25) is 4.79 Å². The minimum Gasteiger partial charge on any atom is -0.392 e. The maximum Gasteiger partial charge on any atom is 0.149 e. The molecule has 0 spiro atoms. The van der Waals surface area contributed by atoms with Crippen molar-refractivity contribution >= 4 is 21.7 Å². The first kappa shape index (κ1) is 15.0. The number of ketones is 1. The minimum atomic E-state index is -0.564. The van der Waals surface area contributed by atoms with Gasteiger partial charge in [0.05, 0.1) is 6.10 Å². The molecule has 2 nitrogen and oxygen atoms in total. The van der Waals surface area contributed by atoms with Crippen molar-refractivity contribution in [3.8, 4) is 0 Å². The first-order valence-corrected chi connectivity index (χ1v) is 7.59. The van der Waals surface area contributed by atoms with Crippen LogP contribution < -0.4 is 0 Å². The molecule has 0 aromatic heterocycles. The summed E-state index contributed by atoms with van der Waals surface area (Å²) >= 11 is 3.49. The van der Waals surface area contributed by atoms with Crippen LogP contribution in [0.25, 0.3) is 0 Å². The van der Waals surface area contributed by atoms with Crippen molar-refractivity contribution in [3.05, 3.63) is 24.3 Å². The highest BCUT2D eigenvalue weighted by atomic mass is 79.9.